The molecule has 2 rings (SSSR count). The topological polar surface area (TPSA) is 73.1 Å². The molecule has 7 heteroatoms. The minimum atomic E-state index is 0.0902. The van der Waals surface area contributed by atoms with Crippen LogP contribution in [0.25, 0.3) is 0 Å². The summed E-state index contributed by atoms with van der Waals surface area (Å²) in [6, 6.07) is 7.58. The zero-order valence-electron chi connectivity index (χ0n) is 11.7. The summed E-state index contributed by atoms with van der Waals surface area (Å²) in [5.41, 5.74) is 0.912. The van der Waals surface area contributed by atoms with Crippen molar-refractivity contribution in [1.29, 1.82) is 0 Å². The molecule has 1 aromatic heterocycles. The van der Waals surface area contributed by atoms with Crippen LogP contribution < -0.4 is 4.74 Å². The highest BCUT2D eigenvalue weighted by Crippen LogP contribution is 2.15. The molecule has 6 nitrogen and oxygen atoms in total. The number of ether oxygens (including phenoxy) is 1. The molecule has 21 heavy (non-hydrogen) atoms. The molecule has 0 saturated heterocycles. The van der Waals surface area contributed by atoms with Gasteiger partial charge in [0.25, 0.3) is 0 Å². The highest BCUT2D eigenvalue weighted by molar-refractivity contribution is 7.99. The van der Waals surface area contributed by atoms with Gasteiger partial charge in [0.2, 0.25) is 5.16 Å². The molecule has 0 amide bonds. The van der Waals surface area contributed by atoms with Crippen molar-refractivity contribution in [3.8, 4) is 17.6 Å². The standard InChI is InChI=1S/C14H16N4O2S/c1-18-14(15-16-17-18)21-11-10-20-13-7-5-12(6-8-13)4-2-3-9-19/h5-8,19H,3,9-11H2,1H3. The van der Waals surface area contributed by atoms with Crippen LogP contribution in [0.5, 0.6) is 5.75 Å². The van der Waals surface area contributed by atoms with E-state index >= 15 is 0 Å². The largest absolute Gasteiger partial charge is 0.493 e. The van der Waals surface area contributed by atoms with Crippen LogP contribution in [0.15, 0.2) is 29.4 Å². The van der Waals surface area contributed by atoms with Gasteiger partial charge in [-0.15, -0.1) is 5.10 Å². The van der Waals surface area contributed by atoms with Crippen molar-refractivity contribution in [1.82, 2.24) is 20.2 Å². The van der Waals surface area contributed by atoms with Crippen LogP contribution in [-0.2, 0) is 7.05 Å². The Balaban J connectivity index is 1.74. The molecular formula is C14H16N4O2S. The zero-order valence-corrected chi connectivity index (χ0v) is 12.5. The molecule has 0 saturated carbocycles. The normalized spacial score (nSPS) is 10.0. The predicted octanol–water partition coefficient (Wildman–Crippen LogP) is 1.12. The van der Waals surface area contributed by atoms with E-state index in [1.54, 1.807) is 23.5 Å². The van der Waals surface area contributed by atoms with Crippen molar-refractivity contribution in [3.05, 3.63) is 29.8 Å². The molecule has 1 heterocycles. The summed E-state index contributed by atoms with van der Waals surface area (Å²) < 4.78 is 7.27. The molecule has 0 aliphatic heterocycles. The Morgan fingerprint density at radius 2 is 2.14 bits per heavy atom. The molecule has 0 aliphatic carbocycles. The molecule has 0 aliphatic rings. The van der Waals surface area contributed by atoms with E-state index in [-0.39, 0.29) is 6.61 Å². The fourth-order valence-corrected chi connectivity index (χ4v) is 2.16. The molecule has 1 N–H and O–H groups in total. The Morgan fingerprint density at radius 1 is 1.33 bits per heavy atom. The minimum absolute atomic E-state index is 0.0902. The summed E-state index contributed by atoms with van der Waals surface area (Å²) in [5, 5.41) is 20.6. The molecule has 1 aromatic carbocycles. The summed E-state index contributed by atoms with van der Waals surface area (Å²) >= 11 is 1.55. The summed E-state index contributed by atoms with van der Waals surface area (Å²) in [7, 11) is 1.81. The molecule has 110 valence electrons. The van der Waals surface area contributed by atoms with Gasteiger partial charge in [-0.2, -0.15) is 0 Å². The van der Waals surface area contributed by atoms with Gasteiger partial charge in [-0.1, -0.05) is 23.6 Å². The van der Waals surface area contributed by atoms with E-state index in [2.05, 4.69) is 27.4 Å². The van der Waals surface area contributed by atoms with Crippen LogP contribution in [0.4, 0.5) is 0 Å². The van der Waals surface area contributed by atoms with E-state index < -0.39 is 0 Å². The van der Waals surface area contributed by atoms with Crippen LogP contribution in [-0.4, -0.2) is 44.3 Å². The van der Waals surface area contributed by atoms with Crippen molar-refractivity contribution >= 4 is 11.8 Å². The summed E-state index contributed by atoms with van der Waals surface area (Å²) in [6.07, 6.45) is 0.492. The van der Waals surface area contributed by atoms with Crippen LogP contribution in [0, 0.1) is 11.8 Å². The van der Waals surface area contributed by atoms with Crippen LogP contribution in [0.1, 0.15) is 12.0 Å². The molecule has 0 fully saturated rings. The lowest BCUT2D eigenvalue weighted by Gasteiger charge is -2.05. The lowest BCUT2D eigenvalue weighted by molar-refractivity contribution is 0.305. The Bertz CT molecular complexity index is 616. The Labute approximate surface area is 127 Å². The van der Waals surface area contributed by atoms with Gasteiger partial charge < -0.3 is 9.84 Å². The molecule has 0 unspecified atom stereocenters. The van der Waals surface area contributed by atoms with Gasteiger partial charge in [0.05, 0.1) is 13.2 Å². The van der Waals surface area contributed by atoms with Gasteiger partial charge in [-0.25, -0.2) is 4.68 Å². The number of nitrogens with zero attached hydrogens (tertiary/aromatic N) is 4. The highest BCUT2D eigenvalue weighted by atomic mass is 32.2. The second-order valence-electron chi connectivity index (χ2n) is 4.08. The lowest BCUT2D eigenvalue weighted by Crippen LogP contribution is -2.02. The Kier molecular flexibility index (Phi) is 6.06. The summed E-state index contributed by atoms with van der Waals surface area (Å²) in [4.78, 5) is 0. The number of thioether (sulfide) groups is 1. The number of aliphatic hydroxyl groups is 1. The molecule has 0 atom stereocenters. The van der Waals surface area contributed by atoms with Crippen molar-refractivity contribution < 1.29 is 9.84 Å². The van der Waals surface area contributed by atoms with E-state index in [0.29, 0.717) is 13.0 Å². The maximum atomic E-state index is 8.66. The first-order valence-corrected chi connectivity index (χ1v) is 7.46. The lowest BCUT2D eigenvalue weighted by atomic mass is 10.2. The highest BCUT2D eigenvalue weighted by Gasteiger charge is 2.02. The average molecular weight is 304 g/mol. The van der Waals surface area contributed by atoms with Crippen LogP contribution in [0.3, 0.4) is 0 Å². The van der Waals surface area contributed by atoms with Gasteiger partial charge >= 0.3 is 0 Å². The van der Waals surface area contributed by atoms with Crippen molar-refractivity contribution in [2.75, 3.05) is 19.0 Å². The van der Waals surface area contributed by atoms with Crippen molar-refractivity contribution in [2.24, 2.45) is 7.05 Å². The van der Waals surface area contributed by atoms with Gasteiger partial charge in [0, 0.05) is 24.8 Å². The van der Waals surface area contributed by atoms with Gasteiger partial charge in [0.15, 0.2) is 0 Å². The molecule has 0 radical (unpaired) electrons. The van der Waals surface area contributed by atoms with E-state index in [9.17, 15) is 0 Å². The van der Waals surface area contributed by atoms with E-state index in [4.69, 9.17) is 9.84 Å². The number of rotatable bonds is 6. The second kappa shape index (κ2) is 8.29. The van der Waals surface area contributed by atoms with E-state index in [1.165, 1.54) is 0 Å². The third kappa shape index (κ3) is 5.10. The number of hydrogen-bond donors (Lipinski definition) is 1. The number of aliphatic hydroxyl groups excluding tert-OH is 1. The van der Waals surface area contributed by atoms with Gasteiger partial charge in [0.1, 0.15) is 5.75 Å². The van der Waals surface area contributed by atoms with Gasteiger partial charge in [-0.3, -0.25) is 0 Å². The van der Waals surface area contributed by atoms with E-state index in [0.717, 1.165) is 22.2 Å². The first-order chi connectivity index (χ1) is 10.3. The minimum Gasteiger partial charge on any atom is -0.493 e. The quantitative estimate of drug-likeness (QED) is 0.490. The third-order valence-electron chi connectivity index (χ3n) is 2.49. The maximum Gasteiger partial charge on any atom is 0.209 e. The number of aromatic nitrogens is 4. The third-order valence-corrected chi connectivity index (χ3v) is 3.46. The fourth-order valence-electron chi connectivity index (χ4n) is 1.49. The average Bonchev–Trinajstić information content (AvgIpc) is 2.91. The first-order valence-electron chi connectivity index (χ1n) is 6.47. The second-order valence-corrected chi connectivity index (χ2v) is 5.14. The van der Waals surface area contributed by atoms with Crippen molar-refractivity contribution in [2.45, 2.75) is 11.6 Å². The predicted molar refractivity (Wildman–Crippen MR) is 80.0 cm³/mol. The monoisotopic (exact) mass is 304 g/mol. The number of benzene rings is 1. The van der Waals surface area contributed by atoms with Gasteiger partial charge in [-0.05, 0) is 34.7 Å². The smallest absolute Gasteiger partial charge is 0.209 e. The van der Waals surface area contributed by atoms with Crippen molar-refractivity contribution in [3.63, 3.8) is 0 Å². The molecular weight excluding hydrogens is 288 g/mol. The van der Waals surface area contributed by atoms with Crippen LogP contribution >= 0.6 is 11.8 Å². The summed E-state index contributed by atoms with van der Waals surface area (Å²) in [6.45, 7) is 0.667. The fraction of sp³-hybridized carbons (Fsp3) is 0.357. The number of hydrogen-bond acceptors (Lipinski definition) is 6. The summed E-state index contributed by atoms with van der Waals surface area (Å²) in [5.74, 6) is 7.42. The first kappa shape index (κ1) is 15.4. The number of aryl methyl sites for hydroxylation is 1. The number of tetrazole rings is 1. The molecule has 2 aromatic rings. The zero-order chi connectivity index (χ0) is 14.9. The Hall–Kier alpha value is -2.04. The van der Waals surface area contributed by atoms with E-state index in [1.807, 2.05) is 24.3 Å². The van der Waals surface area contributed by atoms with Crippen LogP contribution in [0.2, 0.25) is 0 Å². The molecule has 0 spiro atoms. The SMILES string of the molecule is Cn1nnnc1SCCOc1ccc(C#CCCO)cc1. The maximum absolute atomic E-state index is 8.66. The Morgan fingerprint density at radius 3 is 2.81 bits per heavy atom. The molecule has 0 bridgehead atoms.